The van der Waals surface area contributed by atoms with Gasteiger partial charge in [-0.05, 0) is 31.2 Å². The maximum Gasteiger partial charge on any atom is 0.236 e. The number of carbonyl (C=O) groups is 1. The smallest absolute Gasteiger partial charge is 0.236 e. The van der Waals surface area contributed by atoms with Crippen molar-refractivity contribution in [3.05, 3.63) is 24.4 Å². The van der Waals surface area contributed by atoms with Crippen molar-refractivity contribution in [3.8, 4) is 0 Å². The molecule has 1 amide bonds. The van der Waals surface area contributed by atoms with Crippen molar-refractivity contribution >= 4 is 23.5 Å². The van der Waals surface area contributed by atoms with Gasteiger partial charge in [0, 0.05) is 50.7 Å². The Balaban J connectivity index is 1.48. The number of pyridine rings is 1. The van der Waals surface area contributed by atoms with Crippen molar-refractivity contribution in [2.24, 2.45) is 0 Å². The maximum atomic E-state index is 12.7. The quantitative estimate of drug-likeness (QED) is 0.813. The molecule has 3 rings (SSSR count). The summed E-state index contributed by atoms with van der Waals surface area (Å²) in [5.74, 6) is 1.31. The summed E-state index contributed by atoms with van der Waals surface area (Å²) in [5.41, 5.74) is 0. The Morgan fingerprint density at radius 2 is 2.08 bits per heavy atom. The Kier molecular flexibility index (Phi) is 6.00. The molecule has 6 heteroatoms. The zero-order chi connectivity index (χ0) is 16.9. The first-order valence-corrected chi connectivity index (χ1v) is 10.1. The van der Waals surface area contributed by atoms with Crippen LogP contribution in [0.15, 0.2) is 24.4 Å². The standard InChI is InChI=1S/C18H28N4OS/c1-20(15-6-5-7-16(15)24-2)18(23)14-21-10-12-22(13-11-21)17-8-3-4-9-19-17/h3-4,8-9,15-16H,5-7,10-14H2,1-2H3/t15-,16+/m0/s1. The van der Waals surface area contributed by atoms with Gasteiger partial charge in [0.25, 0.3) is 0 Å². The van der Waals surface area contributed by atoms with E-state index < -0.39 is 0 Å². The molecular weight excluding hydrogens is 320 g/mol. The Morgan fingerprint density at radius 3 is 2.75 bits per heavy atom. The Morgan fingerprint density at radius 1 is 1.29 bits per heavy atom. The summed E-state index contributed by atoms with van der Waals surface area (Å²) in [6.07, 6.45) is 7.64. The van der Waals surface area contributed by atoms with Gasteiger partial charge < -0.3 is 9.80 Å². The molecule has 1 aromatic heterocycles. The molecule has 2 heterocycles. The van der Waals surface area contributed by atoms with E-state index in [2.05, 4.69) is 27.1 Å². The number of hydrogen-bond acceptors (Lipinski definition) is 5. The van der Waals surface area contributed by atoms with Gasteiger partial charge in [0.2, 0.25) is 5.91 Å². The molecule has 24 heavy (non-hydrogen) atoms. The summed E-state index contributed by atoms with van der Waals surface area (Å²) in [6.45, 7) is 4.26. The molecule has 0 bridgehead atoms. The van der Waals surface area contributed by atoms with Crippen LogP contribution in [0.4, 0.5) is 5.82 Å². The van der Waals surface area contributed by atoms with E-state index in [0.29, 0.717) is 17.8 Å². The third-order valence-electron chi connectivity index (χ3n) is 5.32. The first-order valence-electron chi connectivity index (χ1n) is 8.86. The molecule has 1 saturated carbocycles. The summed E-state index contributed by atoms with van der Waals surface area (Å²) in [5, 5.41) is 0.611. The predicted molar refractivity (Wildman–Crippen MR) is 101 cm³/mol. The Bertz CT molecular complexity index is 533. The number of piperazine rings is 1. The number of amides is 1. The fourth-order valence-corrected chi connectivity index (χ4v) is 4.82. The molecular formula is C18H28N4OS. The lowest BCUT2D eigenvalue weighted by Crippen LogP contribution is -2.51. The van der Waals surface area contributed by atoms with Crippen LogP contribution >= 0.6 is 11.8 Å². The molecule has 0 spiro atoms. The highest BCUT2D eigenvalue weighted by Crippen LogP contribution is 2.31. The van der Waals surface area contributed by atoms with Gasteiger partial charge in [-0.3, -0.25) is 9.69 Å². The molecule has 0 radical (unpaired) electrons. The second-order valence-corrected chi connectivity index (χ2v) is 7.81. The zero-order valence-electron chi connectivity index (χ0n) is 14.7. The number of carbonyl (C=O) groups excluding carboxylic acids is 1. The molecule has 2 aliphatic rings. The highest BCUT2D eigenvalue weighted by Gasteiger charge is 2.32. The van der Waals surface area contributed by atoms with Crippen LogP contribution in [0.2, 0.25) is 0 Å². The molecule has 5 nitrogen and oxygen atoms in total. The predicted octanol–water partition coefficient (Wildman–Crippen LogP) is 1.95. The van der Waals surface area contributed by atoms with E-state index in [1.54, 1.807) is 0 Å². The molecule has 0 N–H and O–H groups in total. The van der Waals surface area contributed by atoms with Crippen molar-refractivity contribution < 1.29 is 4.79 Å². The number of hydrogen-bond donors (Lipinski definition) is 0. The first kappa shape index (κ1) is 17.5. The summed E-state index contributed by atoms with van der Waals surface area (Å²) in [6, 6.07) is 6.44. The van der Waals surface area contributed by atoms with Gasteiger partial charge in [-0.2, -0.15) is 11.8 Å². The second kappa shape index (κ2) is 8.21. The largest absolute Gasteiger partial charge is 0.354 e. The van der Waals surface area contributed by atoms with Crippen LogP contribution in [-0.4, -0.2) is 78.0 Å². The number of likely N-dealkylation sites (N-methyl/N-ethyl adjacent to an activating group) is 1. The highest BCUT2D eigenvalue weighted by atomic mass is 32.2. The van der Waals surface area contributed by atoms with E-state index >= 15 is 0 Å². The Hall–Kier alpha value is -1.27. The summed E-state index contributed by atoms with van der Waals surface area (Å²) in [4.78, 5) is 23.7. The summed E-state index contributed by atoms with van der Waals surface area (Å²) < 4.78 is 0. The number of rotatable bonds is 5. The highest BCUT2D eigenvalue weighted by molar-refractivity contribution is 7.99. The molecule has 1 aliphatic heterocycles. The monoisotopic (exact) mass is 348 g/mol. The number of nitrogens with zero attached hydrogens (tertiary/aromatic N) is 4. The van der Waals surface area contributed by atoms with Gasteiger partial charge in [0.15, 0.2) is 0 Å². The first-order chi connectivity index (χ1) is 11.7. The topological polar surface area (TPSA) is 39.7 Å². The third kappa shape index (κ3) is 4.03. The Labute approximate surface area is 149 Å². The number of thioether (sulfide) groups is 1. The molecule has 1 aromatic rings. The number of anilines is 1. The van der Waals surface area contributed by atoms with Gasteiger partial charge in [-0.1, -0.05) is 12.5 Å². The maximum absolute atomic E-state index is 12.7. The minimum Gasteiger partial charge on any atom is -0.354 e. The van der Waals surface area contributed by atoms with Crippen LogP contribution in [0, 0.1) is 0 Å². The van der Waals surface area contributed by atoms with Gasteiger partial charge in [0.05, 0.1) is 6.54 Å². The van der Waals surface area contributed by atoms with Crippen LogP contribution in [0.1, 0.15) is 19.3 Å². The minimum absolute atomic E-state index is 0.271. The van der Waals surface area contributed by atoms with Crippen LogP contribution in [0.3, 0.4) is 0 Å². The fourth-order valence-electron chi connectivity index (χ4n) is 3.79. The third-order valence-corrected chi connectivity index (χ3v) is 6.47. The van der Waals surface area contributed by atoms with Crippen LogP contribution in [-0.2, 0) is 4.79 Å². The normalized spacial score (nSPS) is 25.0. The average Bonchev–Trinajstić information content (AvgIpc) is 3.11. The molecule has 2 fully saturated rings. The summed E-state index contributed by atoms with van der Waals surface area (Å²) in [7, 11) is 1.99. The van der Waals surface area contributed by atoms with Crippen molar-refractivity contribution in [2.75, 3.05) is 50.9 Å². The van der Waals surface area contributed by atoms with Crippen molar-refractivity contribution in [2.45, 2.75) is 30.6 Å². The lowest BCUT2D eigenvalue weighted by Gasteiger charge is -2.36. The second-order valence-electron chi connectivity index (χ2n) is 6.73. The van der Waals surface area contributed by atoms with Crippen molar-refractivity contribution in [3.63, 3.8) is 0 Å². The molecule has 132 valence electrons. The minimum atomic E-state index is 0.271. The van der Waals surface area contributed by atoms with Crippen molar-refractivity contribution in [1.29, 1.82) is 0 Å². The van der Waals surface area contributed by atoms with Gasteiger partial charge in [0.1, 0.15) is 5.82 Å². The fraction of sp³-hybridized carbons (Fsp3) is 0.667. The van der Waals surface area contributed by atoms with E-state index in [-0.39, 0.29) is 5.91 Å². The van der Waals surface area contributed by atoms with Crippen LogP contribution < -0.4 is 4.90 Å². The van der Waals surface area contributed by atoms with Crippen molar-refractivity contribution in [1.82, 2.24) is 14.8 Å². The zero-order valence-corrected chi connectivity index (χ0v) is 15.5. The molecule has 2 atom stereocenters. The lowest BCUT2D eigenvalue weighted by molar-refractivity contribution is -0.133. The van der Waals surface area contributed by atoms with E-state index in [9.17, 15) is 4.79 Å². The van der Waals surface area contributed by atoms with E-state index in [1.807, 2.05) is 42.0 Å². The van der Waals surface area contributed by atoms with Gasteiger partial charge in [-0.15, -0.1) is 0 Å². The van der Waals surface area contributed by atoms with E-state index in [1.165, 1.54) is 12.8 Å². The molecule has 1 saturated heterocycles. The van der Waals surface area contributed by atoms with E-state index in [0.717, 1.165) is 38.4 Å². The molecule has 1 aliphatic carbocycles. The van der Waals surface area contributed by atoms with Gasteiger partial charge >= 0.3 is 0 Å². The van der Waals surface area contributed by atoms with Gasteiger partial charge in [-0.25, -0.2) is 4.98 Å². The number of aromatic nitrogens is 1. The molecule has 0 aromatic carbocycles. The summed E-state index contributed by atoms with van der Waals surface area (Å²) >= 11 is 1.91. The lowest BCUT2D eigenvalue weighted by atomic mass is 10.2. The average molecular weight is 349 g/mol. The van der Waals surface area contributed by atoms with E-state index in [4.69, 9.17) is 0 Å². The molecule has 0 unspecified atom stereocenters. The van der Waals surface area contributed by atoms with Crippen LogP contribution in [0.5, 0.6) is 0 Å². The van der Waals surface area contributed by atoms with Crippen LogP contribution in [0.25, 0.3) is 0 Å². The SMILES string of the molecule is CS[C@@H]1CCC[C@@H]1N(C)C(=O)CN1CCN(c2ccccn2)CC1.